The number of rotatable bonds is 6. The summed E-state index contributed by atoms with van der Waals surface area (Å²) in [6.45, 7) is 9.59. The van der Waals surface area contributed by atoms with Gasteiger partial charge in [0.15, 0.2) is 0 Å². The fourth-order valence-electron chi connectivity index (χ4n) is 6.52. The van der Waals surface area contributed by atoms with Crippen LogP contribution in [0.3, 0.4) is 0 Å². The molecule has 4 atom stereocenters. The van der Waals surface area contributed by atoms with Crippen LogP contribution in [0.15, 0.2) is 34.3 Å². The molecule has 2 saturated carbocycles. The van der Waals surface area contributed by atoms with E-state index in [1.54, 1.807) is 5.57 Å². The van der Waals surface area contributed by atoms with E-state index < -0.39 is 5.97 Å². The lowest BCUT2D eigenvalue weighted by atomic mass is 9.47. The first-order valence-electron chi connectivity index (χ1n) is 11.3. The Labute approximate surface area is 185 Å². The Bertz CT molecular complexity index is 748. The second-order valence-electron chi connectivity index (χ2n) is 10.5. The van der Waals surface area contributed by atoms with Crippen LogP contribution in [0.5, 0.6) is 0 Å². The first-order valence-corrected chi connectivity index (χ1v) is 12.1. The number of hydrogen-bond donors (Lipinski definition) is 1. The third kappa shape index (κ3) is 5.16. The number of halogens is 1. The van der Waals surface area contributed by atoms with Crippen LogP contribution in [0.1, 0.15) is 84.6 Å². The molecule has 3 heteroatoms. The summed E-state index contributed by atoms with van der Waals surface area (Å²) in [5, 5.41) is 9.18. The van der Waals surface area contributed by atoms with Crippen molar-refractivity contribution in [1.29, 1.82) is 0 Å². The standard InChI is InChI=1S/C26H37BrO2/c1-18(16-24(28)29)6-12-22-20(17-19-7-10-21(27)11-8-19)9-13-23-25(2,3)14-5-15-26(22,23)4/h7-8,10-11,17-18,22-23H,5-6,9,12-16H2,1-4H3,(H,28,29)/b20-17+/t18?,22-,23-,26+/m0/s1. The van der Waals surface area contributed by atoms with Crippen LogP contribution in [0.2, 0.25) is 0 Å². The third-order valence-corrected chi connectivity index (χ3v) is 8.46. The van der Waals surface area contributed by atoms with Crippen molar-refractivity contribution in [2.24, 2.45) is 28.6 Å². The first-order chi connectivity index (χ1) is 13.6. The molecular weight excluding hydrogens is 424 g/mol. The molecule has 1 N–H and O–H groups in total. The van der Waals surface area contributed by atoms with Crippen molar-refractivity contribution in [2.75, 3.05) is 0 Å². The fourth-order valence-corrected chi connectivity index (χ4v) is 6.79. The van der Waals surface area contributed by atoms with Crippen molar-refractivity contribution in [3.63, 3.8) is 0 Å². The van der Waals surface area contributed by atoms with Crippen LogP contribution < -0.4 is 0 Å². The smallest absolute Gasteiger partial charge is 0.303 e. The number of benzene rings is 1. The summed E-state index contributed by atoms with van der Waals surface area (Å²) in [5.74, 6) is 0.878. The van der Waals surface area contributed by atoms with Gasteiger partial charge in [0.1, 0.15) is 0 Å². The number of allylic oxidation sites excluding steroid dienone is 1. The molecule has 0 heterocycles. The molecule has 0 aliphatic heterocycles. The quantitative estimate of drug-likeness (QED) is 0.466. The zero-order chi connectivity index (χ0) is 21.2. The Balaban J connectivity index is 1.90. The van der Waals surface area contributed by atoms with Gasteiger partial charge in [0.05, 0.1) is 0 Å². The summed E-state index contributed by atoms with van der Waals surface area (Å²) in [6, 6.07) is 8.63. The van der Waals surface area contributed by atoms with Crippen LogP contribution in [-0.2, 0) is 4.79 Å². The first kappa shape index (κ1) is 22.6. The molecule has 29 heavy (non-hydrogen) atoms. The van der Waals surface area contributed by atoms with Gasteiger partial charge in [-0.15, -0.1) is 0 Å². The molecule has 0 saturated heterocycles. The van der Waals surface area contributed by atoms with Crippen LogP contribution in [0.4, 0.5) is 0 Å². The predicted molar refractivity (Wildman–Crippen MR) is 125 cm³/mol. The van der Waals surface area contributed by atoms with Crippen molar-refractivity contribution in [3.8, 4) is 0 Å². The molecule has 2 fully saturated rings. The van der Waals surface area contributed by atoms with Gasteiger partial charge < -0.3 is 5.11 Å². The topological polar surface area (TPSA) is 37.3 Å². The maximum atomic E-state index is 11.2. The van der Waals surface area contributed by atoms with Gasteiger partial charge in [0, 0.05) is 10.9 Å². The maximum Gasteiger partial charge on any atom is 0.303 e. The van der Waals surface area contributed by atoms with E-state index in [-0.39, 0.29) is 12.3 Å². The van der Waals surface area contributed by atoms with Gasteiger partial charge in [-0.3, -0.25) is 4.79 Å². The van der Waals surface area contributed by atoms with E-state index in [0.717, 1.165) is 23.2 Å². The molecule has 160 valence electrons. The van der Waals surface area contributed by atoms with Crippen molar-refractivity contribution >= 4 is 28.0 Å². The molecule has 2 nitrogen and oxygen atoms in total. The van der Waals surface area contributed by atoms with E-state index in [9.17, 15) is 9.90 Å². The van der Waals surface area contributed by atoms with E-state index in [4.69, 9.17) is 0 Å². The van der Waals surface area contributed by atoms with Gasteiger partial charge in [-0.05, 0) is 84.8 Å². The van der Waals surface area contributed by atoms with E-state index >= 15 is 0 Å². The molecule has 3 rings (SSSR count). The summed E-state index contributed by atoms with van der Waals surface area (Å²) in [4.78, 5) is 11.2. The average molecular weight is 461 g/mol. The normalized spacial score (nSPS) is 31.3. The predicted octanol–water partition coefficient (Wildman–Crippen LogP) is 7.97. The number of carbonyl (C=O) groups is 1. The SMILES string of the molecule is CC(CC[C@H]1/C(=C/c2ccc(Br)cc2)CC[C@H]2C(C)(C)CCC[C@]12C)CC(=O)O. The maximum absolute atomic E-state index is 11.2. The Kier molecular flexibility index (Phi) is 6.98. The summed E-state index contributed by atoms with van der Waals surface area (Å²) in [6.07, 6.45) is 11.2. The molecular formula is C26H37BrO2. The lowest BCUT2D eigenvalue weighted by molar-refractivity contribution is -0.138. The van der Waals surface area contributed by atoms with Crippen LogP contribution in [0.25, 0.3) is 6.08 Å². The van der Waals surface area contributed by atoms with Gasteiger partial charge in [-0.1, -0.05) is 73.8 Å². The lowest BCUT2D eigenvalue weighted by Crippen LogP contribution is -2.49. The highest BCUT2D eigenvalue weighted by Gasteiger charge is 2.52. The molecule has 0 radical (unpaired) electrons. The number of carboxylic acid groups (broad SMARTS) is 1. The van der Waals surface area contributed by atoms with Crippen molar-refractivity contribution < 1.29 is 9.90 Å². The molecule has 0 bridgehead atoms. The molecule has 0 spiro atoms. The number of carboxylic acids is 1. The highest BCUT2D eigenvalue weighted by molar-refractivity contribution is 9.10. The summed E-state index contributed by atoms with van der Waals surface area (Å²) in [7, 11) is 0. The second kappa shape index (κ2) is 8.96. The molecule has 1 aromatic carbocycles. The zero-order valence-electron chi connectivity index (χ0n) is 18.5. The van der Waals surface area contributed by atoms with E-state index in [1.165, 1.54) is 37.7 Å². The van der Waals surface area contributed by atoms with Gasteiger partial charge in [0.2, 0.25) is 0 Å². The van der Waals surface area contributed by atoms with Gasteiger partial charge in [-0.25, -0.2) is 0 Å². The fraction of sp³-hybridized carbons (Fsp3) is 0.654. The molecule has 2 aliphatic carbocycles. The summed E-state index contributed by atoms with van der Waals surface area (Å²) in [5.41, 5.74) is 3.60. The lowest BCUT2D eigenvalue weighted by Gasteiger charge is -2.58. The van der Waals surface area contributed by atoms with Gasteiger partial charge in [0.25, 0.3) is 0 Å². The highest BCUT2D eigenvalue weighted by atomic mass is 79.9. The van der Waals surface area contributed by atoms with Crippen LogP contribution >= 0.6 is 15.9 Å². The van der Waals surface area contributed by atoms with Gasteiger partial charge >= 0.3 is 5.97 Å². The Morgan fingerprint density at radius 3 is 2.59 bits per heavy atom. The largest absolute Gasteiger partial charge is 0.481 e. The monoisotopic (exact) mass is 460 g/mol. The second-order valence-corrected chi connectivity index (χ2v) is 11.5. The van der Waals surface area contributed by atoms with E-state index in [2.05, 4.69) is 74.0 Å². The molecule has 0 aromatic heterocycles. The molecule has 1 unspecified atom stereocenters. The Morgan fingerprint density at radius 2 is 1.93 bits per heavy atom. The van der Waals surface area contributed by atoms with Crippen molar-refractivity contribution in [1.82, 2.24) is 0 Å². The minimum absolute atomic E-state index is 0.238. The summed E-state index contributed by atoms with van der Waals surface area (Å²) >= 11 is 3.54. The molecule has 2 aliphatic rings. The molecule has 0 amide bonds. The third-order valence-electron chi connectivity index (χ3n) is 7.93. The zero-order valence-corrected chi connectivity index (χ0v) is 20.1. The van der Waals surface area contributed by atoms with E-state index in [1.807, 2.05) is 0 Å². The Hall–Kier alpha value is -1.09. The number of fused-ring (bicyclic) bond motifs is 1. The van der Waals surface area contributed by atoms with Crippen molar-refractivity contribution in [3.05, 3.63) is 39.9 Å². The van der Waals surface area contributed by atoms with Gasteiger partial charge in [-0.2, -0.15) is 0 Å². The number of hydrogen-bond acceptors (Lipinski definition) is 1. The van der Waals surface area contributed by atoms with Crippen LogP contribution in [-0.4, -0.2) is 11.1 Å². The van der Waals surface area contributed by atoms with E-state index in [0.29, 0.717) is 16.7 Å². The van der Waals surface area contributed by atoms with Crippen molar-refractivity contribution in [2.45, 2.75) is 79.1 Å². The number of aliphatic carboxylic acids is 1. The minimum atomic E-state index is -0.672. The average Bonchev–Trinajstić information content (AvgIpc) is 2.61. The molecule has 1 aromatic rings. The summed E-state index contributed by atoms with van der Waals surface area (Å²) < 4.78 is 1.11. The Morgan fingerprint density at radius 1 is 1.24 bits per heavy atom. The highest BCUT2D eigenvalue weighted by Crippen LogP contribution is 2.62. The minimum Gasteiger partial charge on any atom is -0.481 e. The van der Waals surface area contributed by atoms with Crippen LogP contribution in [0, 0.1) is 28.6 Å².